The van der Waals surface area contributed by atoms with E-state index >= 15 is 0 Å². The summed E-state index contributed by atoms with van der Waals surface area (Å²) in [5.41, 5.74) is 0.663. The molecule has 0 atom stereocenters. The summed E-state index contributed by atoms with van der Waals surface area (Å²) < 4.78 is 6.47. The van der Waals surface area contributed by atoms with Gasteiger partial charge in [-0.2, -0.15) is 0 Å². The number of hydrogen-bond donors (Lipinski definition) is 0. The molecule has 0 saturated heterocycles. The highest BCUT2D eigenvalue weighted by Crippen LogP contribution is 2.33. The van der Waals surface area contributed by atoms with E-state index in [1.54, 1.807) is 12.1 Å². The molecule has 2 nitrogen and oxygen atoms in total. The molecular formula is C12H13BrO2. The lowest BCUT2D eigenvalue weighted by molar-refractivity contribution is 0.112. The molecule has 0 aliphatic heterocycles. The number of hydrogen-bond acceptors (Lipinski definition) is 2. The average Bonchev–Trinajstić information content (AvgIpc) is 3.04. The molecule has 0 aromatic heterocycles. The Balaban J connectivity index is 1.91. The summed E-state index contributed by atoms with van der Waals surface area (Å²) in [5.74, 6) is 1.71. The van der Waals surface area contributed by atoms with E-state index in [-0.39, 0.29) is 0 Å². The van der Waals surface area contributed by atoms with E-state index in [4.69, 9.17) is 4.74 Å². The van der Waals surface area contributed by atoms with Crippen molar-refractivity contribution in [2.45, 2.75) is 19.3 Å². The number of carbonyl (C=O) groups excluding carboxylic acids is 1. The second kappa shape index (κ2) is 4.79. The van der Waals surface area contributed by atoms with Crippen LogP contribution in [0.1, 0.15) is 29.6 Å². The van der Waals surface area contributed by atoms with Crippen LogP contribution in [0, 0.1) is 5.92 Å². The zero-order valence-corrected chi connectivity index (χ0v) is 10.00. The van der Waals surface area contributed by atoms with Gasteiger partial charge in [-0.25, -0.2) is 0 Å². The Morgan fingerprint density at radius 3 is 2.87 bits per heavy atom. The molecule has 0 N–H and O–H groups in total. The van der Waals surface area contributed by atoms with Crippen LogP contribution in [0.2, 0.25) is 0 Å². The van der Waals surface area contributed by atoms with Gasteiger partial charge in [-0.3, -0.25) is 4.79 Å². The molecule has 15 heavy (non-hydrogen) atoms. The van der Waals surface area contributed by atoms with Crippen LogP contribution in [0.3, 0.4) is 0 Å². The van der Waals surface area contributed by atoms with E-state index in [2.05, 4.69) is 15.9 Å². The minimum atomic E-state index is 0.663. The lowest BCUT2D eigenvalue weighted by Crippen LogP contribution is -1.99. The van der Waals surface area contributed by atoms with Crippen LogP contribution in [0.4, 0.5) is 0 Å². The van der Waals surface area contributed by atoms with E-state index in [0.717, 1.165) is 35.5 Å². The maximum atomic E-state index is 10.5. The molecule has 1 fully saturated rings. The highest BCUT2D eigenvalue weighted by atomic mass is 79.9. The summed E-state index contributed by atoms with van der Waals surface area (Å²) in [6.07, 6.45) is 4.68. The van der Waals surface area contributed by atoms with Gasteiger partial charge in [-0.05, 0) is 46.5 Å². The summed E-state index contributed by atoms with van der Waals surface area (Å²) in [4.78, 5) is 10.5. The van der Waals surface area contributed by atoms with Gasteiger partial charge in [0.25, 0.3) is 0 Å². The molecule has 2 rings (SSSR count). The third kappa shape index (κ3) is 3.06. The molecular weight excluding hydrogens is 256 g/mol. The smallest absolute Gasteiger partial charge is 0.150 e. The van der Waals surface area contributed by atoms with Crippen LogP contribution in [-0.4, -0.2) is 12.9 Å². The van der Waals surface area contributed by atoms with Gasteiger partial charge >= 0.3 is 0 Å². The van der Waals surface area contributed by atoms with Crippen molar-refractivity contribution < 1.29 is 9.53 Å². The molecule has 0 amide bonds. The van der Waals surface area contributed by atoms with Gasteiger partial charge in [-0.1, -0.05) is 12.8 Å². The fourth-order valence-electron chi connectivity index (χ4n) is 1.45. The fraction of sp³-hybridized carbons (Fsp3) is 0.417. The molecule has 0 heterocycles. The number of carbonyl (C=O) groups is 1. The summed E-state index contributed by atoms with van der Waals surface area (Å²) >= 11 is 3.39. The van der Waals surface area contributed by atoms with Crippen molar-refractivity contribution in [2.24, 2.45) is 5.92 Å². The van der Waals surface area contributed by atoms with Gasteiger partial charge in [0.15, 0.2) is 0 Å². The van der Waals surface area contributed by atoms with E-state index in [1.165, 1.54) is 12.8 Å². The van der Waals surface area contributed by atoms with Gasteiger partial charge < -0.3 is 4.74 Å². The number of ether oxygens (including phenoxy) is 1. The first-order valence-electron chi connectivity index (χ1n) is 5.17. The quantitative estimate of drug-likeness (QED) is 0.765. The minimum Gasteiger partial charge on any atom is -0.492 e. The Bertz CT molecular complexity index is 359. The Hall–Kier alpha value is -0.830. The zero-order valence-electron chi connectivity index (χ0n) is 8.41. The van der Waals surface area contributed by atoms with Gasteiger partial charge in [-0.15, -0.1) is 0 Å². The van der Waals surface area contributed by atoms with Crippen LogP contribution < -0.4 is 4.74 Å². The summed E-state index contributed by atoms with van der Waals surface area (Å²) in [7, 11) is 0. The molecule has 1 aliphatic rings. The summed E-state index contributed by atoms with van der Waals surface area (Å²) in [6.45, 7) is 0.768. The second-order valence-electron chi connectivity index (χ2n) is 3.89. The van der Waals surface area contributed by atoms with E-state index in [1.807, 2.05) is 6.07 Å². The topological polar surface area (TPSA) is 26.3 Å². The highest BCUT2D eigenvalue weighted by Gasteiger charge is 2.20. The van der Waals surface area contributed by atoms with Crippen LogP contribution in [0.25, 0.3) is 0 Å². The van der Waals surface area contributed by atoms with Crippen LogP contribution in [-0.2, 0) is 0 Å². The largest absolute Gasteiger partial charge is 0.492 e. The SMILES string of the molecule is O=Cc1ccc(OCCC2CC2)c(Br)c1. The summed E-state index contributed by atoms with van der Waals surface area (Å²) in [5, 5.41) is 0. The molecule has 3 heteroatoms. The number of aldehydes is 1. The lowest BCUT2D eigenvalue weighted by Gasteiger charge is -2.07. The molecule has 1 saturated carbocycles. The van der Waals surface area contributed by atoms with Gasteiger partial charge in [0.05, 0.1) is 11.1 Å². The molecule has 80 valence electrons. The molecule has 0 bridgehead atoms. The monoisotopic (exact) mass is 268 g/mol. The van der Waals surface area contributed by atoms with Crippen LogP contribution in [0.15, 0.2) is 22.7 Å². The van der Waals surface area contributed by atoms with Gasteiger partial charge in [0, 0.05) is 5.56 Å². The van der Waals surface area contributed by atoms with Crippen molar-refractivity contribution >= 4 is 22.2 Å². The van der Waals surface area contributed by atoms with Crippen molar-refractivity contribution in [3.05, 3.63) is 28.2 Å². The van der Waals surface area contributed by atoms with Crippen LogP contribution in [0.5, 0.6) is 5.75 Å². The van der Waals surface area contributed by atoms with Crippen molar-refractivity contribution in [1.29, 1.82) is 0 Å². The molecule has 1 aromatic carbocycles. The lowest BCUT2D eigenvalue weighted by atomic mass is 10.2. The zero-order chi connectivity index (χ0) is 10.7. The first-order valence-corrected chi connectivity index (χ1v) is 5.96. The Morgan fingerprint density at radius 2 is 2.27 bits per heavy atom. The Morgan fingerprint density at radius 1 is 1.47 bits per heavy atom. The third-order valence-corrected chi connectivity index (χ3v) is 3.19. The number of benzene rings is 1. The summed E-state index contributed by atoms with van der Waals surface area (Å²) in [6, 6.07) is 5.38. The Kier molecular flexibility index (Phi) is 3.41. The molecule has 0 unspecified atom stereocenters. The van der Waals surface area contributed by atoms with E-state index < -0.39 is 0 Å². The normalized spacial score (nSPS) is 15.0. The van der Waals surface area contributed by atoms with E-state index in [9.17, 15) is 4.79 Å². The van der Waals surface area contributed by atoms with Gasteiger partial charge in [0.2, 0.25) is 0 Å². The molecule has 0 spiro atoms. The average molecular weight is 269 g/mol. The van der Waals surface area contributed by atoms with Crippen molar-refractivity contribution in [3.63, 3.8) is 0 Å². The minimum absolute atomic E-state index is 0.663. The predicted octanol–water partition coefficient (Wildman–Crippen LogP) is 3.44. The van der Waals surface area contributed by atoms with Gasteiger partial charge in [0.1, 0.15) is 12.0 Å². The van der Waals surface area contributed by atoms with Crippen molar-refractivity contribution in [2.75, 3.05) is 6.61 Å². The predicted molar refractivity (Wildman–Crippen MR) is 62.4 cm³/mol. The first kappa shape index (κ1) is 10.7. The number of halogens is 1. The maximum absolute atomic E-state index is 10.5. The molecule has 0 radical (unpaired) electrons. The van der Waals surface area contributed by atoms with Crippen molar-refractivity contribution in [3.8, 4) is 5.75 Å². The first-order chi connectivity index (χ1) is 7.29. The molecule has 1 aromatic rings. The standard InChI is InChI=1S/C12H13BrO2/c13-11-7-10(8-14)3-4-12(11)15-6-5-9-1-2-9/h3-4,7-9H,1-2,5-6H2. The molecule has 1 aliphatic carbocycles. The Labute approximate surface area is 97.8 Å². The highest BCUT2D eigenvalue weighted by molar-refractivity contribution is 9.10. The number of rotatable bonds is 5. The van der Waals surface area contributed by atoms with Crippen molar-refractivity contribution in [1.82, 2.24) is 0 Å². The van der Waals surface area contributed by atoms with Crippen LogP contribution >= 0.6 is 15.9 Å². The third-order valence-electron chi connectivity index (χ3n) is 2.57. The second-order valence-corrected chi connectivity index (χ2v) is 4.74. The maximum Gasteiger partial charge on any atom is 0.150 e. The fourth-order valence-corrected chi connectivity index (χ4v) is 1.96. The van der Waals surface area contributed by atoms with E-state index in [0.29, 0.717) is 5.56 Å².